The van der Waals surface area contributed by atoms with Crippen molar-refractivity contribution in [2.24, 2.45) is 11.3 Å². The Hall–Kier alpha value is 0.0649. The van der Waals surface area contributed by atoms with Gasteiger partial charge in [-0.1, -0.05) is 71.9 Å². The molecule has 0 aromatic heterocycles. The summed E-state index contributed by atoms with van der Waals surface area (Å²) in [5, 5.41) is 0.697. The third-order valence-corrected chi connectivity index (χ3v) is 4.46. The van der Waals surface area contributed by atoms with Crippen LogP contribution in [0.15, 0.2) is 0 Å². The van der Waals surface area contributed by atoms with Gasteiger partial charge in [-0.2, -0.15) is 0 Å². The van der Waals surface area contributed by atoms with Crippen molar-refractivity contribution in [2.75, 3.05) is 0 Å². The van der Waals surface area contributed by atoms with E-state index in [2.05, 4.69) is 41.5 Å². The van der Waals surface area contributed by atoms with Crippen molar-refractivity contribution in [1.29, 1.82) is 0 Å². The molecule has 0 aliphatic carbocycles. The van der Waals surface area contributed by atoms with Crippen molar-refractivity contribution in [2.45, 2.75) is 71.9 Å². The zero-order chi connectivity index (χ0) is 11.0. The van der Waals surface area contributed by atoms with Crippen LogP contribution in [0.1, 0.15) is 60.8 Å². The Bertz CT molecular complexity index is 192. The van der Waals surface area contributed by atoms with Crippen molar-refractivity contribution in [3.63, 3.8) is 0 Å². The first-order valence-electron chi connectivity index (χ1n) is 6.33. The van der Waals surface area contributed by atoms with Gasteiger partial charge < -0.3 is 0 Å². The van der Waals surface area contributed by atoms with Crippen LogP contribution in [0.5, 0.6) is 0 Å². The first-order chi connectivity index (χ1) is 6.33. The molecule has 0 aromatic carbocycles. The Morgan fingerprint density at radius 3 is 2.14 bits per heavy atom. The summed E-state index contributed by atoms with van der Waals surface area (Å²) in [6.07, 6.45) is 4.18. The SMILES string of the molecule is CCC(CC1(C)BC1CC)C(C)(C)C. The second kappa shape index (κ2) is 3.91. The van der Waals surface area contributed by atoms with Gasteiger partial charge in [-0.3, -0.25) is 0 Å². The van der Waals surface area contributed by atoms with Gasteiger partial charge in [0.15, 0.2) is 0 Å². The van der Waals surface area contributed by atoms with Crippen molar-refractivity contribution in [3.05, 3.63) is 0 Å². The summed E-state index contributed by atoms with van der Waals surface area (Å²) in [5.41, 5.74) is 0.499. The minimum absolute atomic E-state index is 0.499. The van der Waals surface area contributed by atoms with Gasteiger partial charge in [0, 0.05) is 0 Å². The predicted molar refractivity (Wildman–Crippen MR) is 67.4 cm³/mol. The van der Waals surface area contributed by atoms with Crippen LogP contribution in [0.3, 0.4) is 0 Å². The molecule has 0 bridgehead atoms. The molecular weight excluding hydrogens is 167 g/mol. The maximum atomic E-state index is 2.50. The molecule has 1 aliphatic rings. The summed E-state index contributed by atoms with van der Waals surface area (Å²) in [5.74, 6) is 1.93. The molecule has 14 heavy (non-hydrogen) atoms. The van der Waals surface area contributed by atoms with E-state index >= 15 is 0 Å². The summed E-state index contributed by atoms with van der Waals surface area (Å²) in [4.78, 5) is 0. The molecular formula is C13H27B. The second-order valence-corrected chi connectivity index (χ2v) is 6.64. The van der Waals surface area contributed by atoms with Crippen LogP contribution in [-0.4, -0.2) is 7.28 Å². The molecule has 1 fully saturated rings. The molecule has 1 heteroatoms. The zero-order valence-corrected chi connectivity index (χ0v) is 11.0. The molecule has 0 saturated carbocycles. The highest BCUT2D eigenvalue weighted by atomic mass is 14.4. The molecule has 3 unspecified atom stereocenters. The van der Waals surface area contributed by atoms with E-state index in [1.54, 1.807) is 0 Å². The summed E-state index contributed by atoms with van der Waals surface area (Å²) in [7, 11) is 1.48. The number of rotatable bonds is 4. The lowest BCUT2D eigenvalue weighted by Crippen LogP contribution is -2.21. The quantitative estimate of drug-likeness (QED) is 0.586. The standard InChI is InChI=1S/C13H27B/c1-7-10(12(3,4)5)9-13(6)11(8-2)14-13/h10-11,14H,7-9H2,1-6H3. The van der Waals surface area contributed by atoms with E-state index in [0.29, 0.717) is 10.7 Å². The van der Waals surface area contributed by atoms with E-state index in [1.807, 2.05) is 0 Å². The minimum Gasteiger partial charge on any atom is -0.0669 e. The van der Waals surface area contributed by atoms with Crippen molar-refractivity contribution >= 4 is 7.28 Å². The van der Waals surface area contributed by atoms with E-state index < -0.39 is 0 Å². The van der Waals surface area contributed by atoms with Gasteiger partial charge in [0.1, 0.15) is 7.28 Å². The molecule has 82 valence electrons. The molecule has 0 N–H and O–H groups in total. The van der Waals surface area contributed by atoms with E-state index in [-0.39, 0.29) is 0 Å². The largest absolute Gasteiger partial charge is 0.130 e. The minimum atomic E-state index is 0.499. The number of hydrogen-bond acceptors (Lipinski definition) is 0. The van der Waals surface area contributed by atoms with Crippen LogP contribution in [0.4, 0.5) is 0 Å². The van der Waals surface area contributed by atoms with Crippen LogP contribution in [0.25, 0.3) is 0 Å². The molecule has 3 atom stereocenters. The van der Waals surface area contributed by atoms with Crippen LogP contribution >= 0.6 is 0 Å². The Balaban J connectivity index is 2.51. The summed E-state index contributed by atoms with van der Waals surface area (Å²) in [6.45, 7) is 14.4. The first kappa shape index (κ1) is 12.1. The summed E-state index contributed by atoms with van der Waals surface area (Å²) >= 11 is 0. The maximum Gasteiger partial charge on any atom is 0.130 e. The van der Waals surface area contributed by atoms with Gasteiger partial charge in [0.2, 0.25) is 0 Å². The van der Waals surface area contributed by atoms with E-state index in [4.69, 9.17) is 0 Å². The Kier molecular flexibility index (Phi) is 3.39. The van der Waals surface area contributed by atoms with Crippen molar-refractivity contribution in [3.8, 4) is 0 Å². The second-order valence-electron chi connectivity index (χ2n) is 6.64. The molecule has 0 radical (unpaired) electrons. The van der Waals surface area contributed by atoms with Gasteiger partial charge in [0.05, 0.1) is 0 Å². The average molecular weight is 194 g/mol. The lowest BCUT2D eigenvalue weighted by molar-refractivity contribution is 0.205. The molecule has 0 aromatic rings. The van der Waals surface area contributed by atoms with Crippen LogP contribution in [-0.2, 0) is 0 Å². The fourth-order valence-corrected chi connectivity index (χ4v) is 3.02. The third kappa shape index (κ3) is 2.55. The molecule has 0 nitrogen and oxygen atoms in total. The van der Waals surface area contributed by atoms with Crippen LogP contribution < -0.4 is 0 Å². The normalized spacial score (nSPS) is 33.7. The monoisotopic (exact) mass is 194 g/mol. The highest BCUT2D eigenvalue weighted by Crippen LogP contribution is 2.63. The fraction of sp³-hybridized carbons (Fsp3) is 1.00. The Morgan fingerprint density at radius 2 is 1.86 bits per heavy atom. The van der Waals surface area contributed by atoms with Crippen LogP contribution in [0.2, 0.25) is 11.1 Å². The molecule has 1 rings (SSSR count). The summed E-state index contributed by atoms with van der Waals surface area (Å²) in [6, 6.07) is 0. The molecule has 1 heterocycles. The van der Waals surface area contributed by atoms with Gasteiger partial charge >= 0.3 is 0 Å². The van der Waals surface area contributed by atoms with E-state index in [9.17, 15) is 0 Å². The average Bonchev–Trinajstić information content (AvgIpc) is 2.71. The Morgan fingerprint density at radius 1 is 1.29 bits per heavy atom. The highest BCUT2D eigenvalue weighted by Gasteiger charge is 2.51. The van der Waals surface area contributed by atoms with E-state index in [1.165, 1.54) is 26.5 Å². The Labute approximate surface area is 91.1 Å². The first-order valence-corrected chi connectivity index (χ1v) is 6.33. The third-order valence-electron chi connectivity index (χ3n) is 4.46. The highest BCUT2D eigenvalue weighted by molar-refractivity contribution is 6.56. The van der Waals surface area contributed by atoms with Gasteiger partial charge in [-0.25, -0.2) is 0 Å². The zero-order valence-electron chi connectivity index (χ0n) is 11.0. The predicted octanol–water partition coefficient (Wildman–Crippen LogP) is 4.28. The maximum absolute atomic E-state index is 2.50. The molecule has 1 saturated heterocycles. The topological polar surface area (TPSA) is 0 Å². The smallest absolute Gasteiger partial charge is 0.0669 e. The van der Waals surface area contributed by atoms with Crippen LogP contribution in [0, 0.1) is 11.3 Å². The van der Waals surface area contributed by atoms with Gasteiger partial charge in [-0.15, -0.1) is 0 Å². The van der Waals surface area contributed by atoms with Gasteiger partial charge in [-0.05, 0) is 11.3 Å². The lowest BCUT2D eigenvalue weighted by atomic mass is 9.70. The molecule has 0 amide bonds. The molecule has 0 spiro atoms. The number of hydrogen-bond donors (Lipinski definition) is 0. The van der Waals surface area contributed by atoms with Crippen molar-refractivity contribution < 1.29 is 0 Å². The van der Waals surface area contributed by atoms with Crippen molar-refractivity contribution in [1.82, 2.24) is 0 Å². The fourth-order valence-electron chi connectivity index (χ4n) is 3.02. The lowest BCUT2D eigenvalue weighted by Gasteiger charge is -2.33. The molecule has 1 aliphatic heterocycles. The van der Waals surface area contributed by atoms with Gasteiger partial charge in [0.25, 0.3) is 0 Å². The summed E-state index contributed by atoms with van der Waals surface area (Å²) < 4.78 is 0. The van der Waals surface area contributed by atoms with E-state index in [0.717, 1.165) is 11.7 Å².